The van der Waals surface area contributed by atoms with E-state index in [4.69, 9.17) is 9.84 Å². The van der Waals surface area contributed by atoms with Gasteiger partial charge in [0.1, 0.15) is 6.61 Å². The summed E-state index contributed by atoms with van der Waals surface area (Å²) < 4.78 is 5.67. The summed E-state index contributed by atoms with van der Waals surface area (Å²) in [5, 5.41) is 15.0. The maximum absolute atomic E-state index is 12.9. The van der Waals surface area contributed by atoms with Crippen molar-refractivity contribution in [2.75, 3.05) is 13.2 Å². The lowest BCUT2D eigenvalue weighted by Gasteiger charge is -2.20. The summed E-state index contributed by atoms with van der Waals surface area (Å²) in [5.74, 6) is -0.647. The molecule has 0 radical (unpaired) electrons. The van der Waals surface area contributed by atoms with Crippen LogP contribution in [0, 0.1) is 17.3 Å². The maximum atomic E-state index is 12.9. The zero-order valence-electron chi connectivity index (χ0n) is 20.0. The minimum absolute atomic E-state index is 0.0109. The number of amides is 2. The van der Waals surface area contributed by atoms with Crippen molar-refractivity contribution in [3.8, 4) is 11.1 Å². The molecule has 2 amide bonds. The van der Waals surface area contributed by atoms with Gasteiger partial charge in [-0.25, -0.2) is 4.79 Å². The third-order valence-corrected chi connectivity index (χ3v) is 8.12. The molecule has 0 aromatic heterocycles. The maximum Gasteiger partial charge on any atom is 0.407 e. The Morgan fingerprint density at radius 2 is 1.71 bits per heavy atom. The molecule has 0 spiro atoms. The molecule has 184 valence electrons. The predicted octanol–water partition coefficient (Wildman–Crippen LogP) is 4.31. The summed E-state index contributed by atoms with van der Waals surface area (Å²) >= 11 is 0. The highest BCUT2D eigenvalue weighted by Crippen LogP contribution is 2.63. The fourth-order valence-electron chi connectivity index (χ4n) is 6.11. The van der Waals surface area contributed by atoms with Crippen LogP contribution in [0.1, 0.15) is 56.1 Å². The molecule has 3 N–H and O–H groups in total. The number of hydrogen-bond acceptors (Lipinski definition) is 4. The molecule has 5 rings (SSSR count). The lowest BCUT2D eigenvalue weighted by atomic mass is 9.98. The molecular weight excluding hydrogens is 444 g/mol. The molecule has 7 nitrogen and oxygen atoms in total. The van der Waals surface area contributed by atoms with Gasteiger partial charge in [-0.15, -0.1) is 0 Å². The van der Waals surface area contributed by atoms with Gasteiger partial charge >= 0.3 is 12.1 Å². The third kappa shape index (κ3) is 4.51. The van der Waals surface area contributed by atoms with E-state index in [1.165, 1.54) is 22.3 Å². The number of benzene rings is 2. The Kier molecular flexibility index (Phi) is 6.26. The van der Waals surface area contributed by atoms with Gasteiger partial charge in [-0.05, 0) is 53.4 Å². The van der Waals surface area contributed by atoms with Gasteiger partial charge in [-0.1, -0.05) is 61.9 Å². The number of carbonyl (C=O) groups excluding carboxylic acids is 2. The molecule has 2 fully saturated rings. The molecule has 0 saturated heterocycles. The number of aliphatic carboxylic acids is 1. The van der Waals surface area contributed by atoms with E-state index in [1.807, 2.05) is 31.2 Å². The Labute approximate surface area is 205 Å². The van der Waals surface area contributed by atoms with E-state index in [1.54, 1.807) is 0 Å². The van der Waals surface area contributed by atoms with Gasteiger partial charge in [0.15, 0.2) is 0 Å². The number of fused-ring (bicyclic) bond motifs is 4. The molecule has 7 heteroatoms. The average Bonchev–Trinajstić information content (AvgIpc) is 3.27. The van der Waals surface area contributed by atoms with Crippen LogP contribution in [0.5, 0.6) is 0 Å². The zero-order valence-corrected chi connectivity index (χ0v) is 20.0. The summed E-state index contributed by atoms with van der Waals surface area (Å²) in [4.78, 5) is 36.5. The standard InChI is InChI=1S/C28H32N2O5/c1-2-17(11-25(31)32)15-29-26(33)28-13-18(28)12-19(14-28)30-27(34)35-16-24-22-9-5-3-7-20(22)21-8-4-6-10-23(21)24/h3-10,17-19,24H,2,11-16H2,1H3,(H,29,33)(H,30,34)(H,31,32)/t17?,18-,19+,28+/m0/s1. The van der Waals surface area contributed by atoms with E-state index < -0.39 is 17.5 Å². The van der Waals surface area contributed by atoms with Crippen molar-refractivity contribution < 1.29 is 24.2 Å². The van der Waals surface area contributed by atoms with E-state index in [0.29, 0.717) is 19.4 Å². The number of alkyl carbamates (subject to hydrolysis) is 1. The number of carboxylic acid groups (broad SMARTS) is 1. The van der Waals surface area contributed by atoms with Gasteiger partial charge < -0.3 is 20.5 Å². The largest absolute Gasteiger partial charge is 0.481 e. The topological polar surface area (TPSA) is 105 Å². The van der Waals surface area contributed by atoms with Gasteiger partial charge in [-0.2, -0.15) is 0 Å². The van der Waals surface area contributed by atoms with Crippen LogP contribution in [0.4, 0.5) is 4.79 Å². The number of nitrogens with one attached hydrogen (secondary N) is 2. The second kappa shape index (κ2) is 9.36. The number of ether oxygens (including phenoxy) is 1. The van der Waals surface area contributed by atoms with Gasteiger partial charge in [0, 0.05) is 24.9 Å². The van der Waals surface area contributed by atoms with Crippen molar-refractivity contribution in [2.24, 2.45) is 17.3 Å². The number of carbonyl (C=O) groups is 3. The van der Waals surface area contributed by atoms with E-state index >= 15 is 0 Å². The highest BCUT2D eigenvalue weighted by atomic mass is 16.5. The first-order chi connectivity index (χ1) is 16.9. The number of carboxylic acids is 1. The second-order valence-electron chi connectivity index (χ2n) is 10.2. The van der Waals surface area contributed by atoms with E-state index in [0.717, 1.165) is 12.8 Å². The minimum atomic E-state index is -0.846. The van der Waals surface area contributed by atoms with Crippen molar-refractivity contribution in [3.63, 3.8) is 0 Å². The lowest BCUT2D eigenvalue weighted by Crippen LogP contribution is -2.39. The molecule has 0 heterocycles. The first-order valence-electron chi connectivity index (χ1n) is 12.5. The molecule has 2 aromatic carbocycles. The molecule has 35 heavy (non-hydrogen) atoms. The monoisotopic (exact) mass is 476 g/mol. The van der Waals surface area contributed by atoms with Crippen molar-refractivity contribution in [1.29, 1.82) is 0 Å². The Balaban J connectivity index is 1.13. The van der Waals surface area contributed by atoms with Gasteiger partial charge in [0.05, 0.1) is 5.41 Å². The third-order valence-electron chi connectivity index (χ3n) is 8.12. The van der Waals surface area contributed by atoms with Crippen LogP contribution in [0.25, 0.3) is 11.1 Å². The number of hydrogen-bond donors (Lipinski definition) is 3. The summed E-state index contributed by atoms with van der Waals surface area (Å²) in [6.07, 6.45) is 2.51. The molecule has 3 aliphatic rings. The summed E-state index contributed by atoms with van der Waals surface area (Å²) in [7, 11) is 0. The molecule has 2 saturated carbocycles. The van der Waals surface area contributed by atoms with Crippen LogP contribution in [-0.4, -0.2) is 42.3 Å². The van der Waals surface area contributed by atoms with Crippen LogP contribution in [0.2, 0.25) is 0 Å². The van der Waals surface area contributed by atoms with Crippen molar-refractivity contribution in [1.82, 2.24) is 10.6 Å². The highest BCUT2D eigenvalue weighted by Gasteiger charge is 2.65. The van der Waals surface area contributed by atoms with Crippen LogP contribution >= 0.6 is 0 Å². The average molecular weight is 477 g/mol. The molecule has 4 atom stereocenters. The Bertz CT molecular complexity index is 1100. The van der Waals surface area contributed by atoms with E-state index in [2.05, 4.69) is 34.9 Å². The van der Waals surface area contributed by atoms with Gasteiger partial charge in [0.25, 0.3) is 0 Å². The first-order valence-corrected chi connectivity index (χ1v) is 12.5. The Morgan fingerprint density at radius 3 is 2.34 bits per heavy atom. The molecule has 0 bridgehead atoms. The van der Waals surface area contributed by atoms with Crippen LogP contribution in [0.15, 0.2) is 48.5 Å². The SMILES string of the molecule is CCC(CNC(=O)[C@]12C[C@H](NC(=O)OCC3c4ccccc4-c4ccccc43)C[C@H]1C2)CC(=O)O. The van der Waals surface area contributed by atoms with E-state index in [-0.39, 0.29) is 42.7 Å². The zero-order chi connectivity index (χ0) is 24.6. The fourth-order valence-corrected chi connectivity index (χ4v) is 6.11. The summed E-state index contributed by atoms with van der Waals surface area (Å²) in [5.41, 5.74) is 4.30. The predicted molar refractivity (Wildman–Crippen MR) is 131 cm³/mol. The Hall–Kier alpha value is -3.35. The molecule has 3 aliphatic carbocycles. The first kappa shape index (κ1) is 23.4. The van der Waals surface area contributed by atoms with Crippen LogP contribution in [-0.2, 0) is 14.3 Å². The van der Waals surface area contributed by atoms with Crippen LogP contribution in [0.3, 0.4) is 0 Å². The fraction of sp³-hybridized carbons (Fsp3) is 0.464. The van der Waals surface area contributed by atoms with E-state index in [9.17, 15) is 14.4 Å². The minimum Gasteiger partial charge on any atom is -0.481 e. The van der Waals surface area contributed by atoms with Crippen molar-refractivity contribution >= 4 is 18.0 Å². The summed E-state index contributed by atoms with van der Waals surface area (Å²) in [6, 6.07) is 16.4. The molecule has 0 aliphatic heterocycles. The second-order valence-corrected chi connectivity index (χ2v) is 10.2. The van der Waals surface area contributed by atoms with Crippen LogP contribution < -0.4 is 10.6 Å². The van der Waals surface area contributed by atoms with Gasteiger partial charge in [-0.3, -0.25) is 9.59 Å². The lowest BCUT2D eigenvalue weighted by molar-refractivity contribution is -0.138. The number of rotatable bonds is 9. The Morgan fingerprint density at radius 1 is 1.06 bits per heavy atom. The van der Waals surface area contributed by atoms with Crippen molar-refractivity contribution in [2.45, 2.75) is 51.0 Å². The molecular formula is C28H32N2O5. The molecule has 2 aromatic rings. The smallest absolute Gasteiger partial charge is 0.407 e. The highest BCUT2D eigenvalue weighted by molar-refractivity contribution is 5.87. The quantitative estimate of drug-likeness (QED) is 0.500. The van der Waals surface area contributed by atoms with Gasteiger partial charge in [0.2, 0.25) is 5.91 Å². The normalized spacial score (nSPS) is 24.6. The molecule has 1 unspecified atom stereocenters. The summed E-state index contributed by atoms with van der Waals surface area (Å²) in [6.45, 7) is 2.58. The van der Waals surface area contributed by atoms with Crippen molar-refractivity contribution in [3.05, 3.63) is 59.7 Å².